The Morgan fingerprint density at radius 2 is 1.73 bits per heavy atom. The van der Waals surface area contributed by atoms with Crippen LogP contribution in [0.5, 0.6) is 0 Å². The van der Waals surface area contributed by atoms with Crippen LogP contribution < -0.4 is 0 Å². The van der Waals surface area contributed by atoms with Gasteiger partial charge in [0, 0.05) is 26.1 Å². The fourth-order valence-corrected chi connectivity index (χ4v) is 3.71. The molecule has 26 heavy (non-hydrogen) atoms. The van der Waals surface area contributed by atoms with Gasteiger partial charge in [0.25, 0.3) is 0 Å². The minimum Gasteiger partial charge on any atom is -0.416 e. The van der Waals surface area contributed by atoms with E-state index >= 15 is 0 Å². The molecular formula is C20H40O4Si2. The summed E-state index contributed by atoms with van der Waals surface area (Å²) >= 11 is 0. The van der Waals surface area contributed by atoms with Crippen LogP contribution in [0.2, 0.25) is 37.8 Å². The monoisotopic (exact) mass is 400 g/mol. The van der Waals surface area contributed by atoms with Crippen molar-refractivity contribution in [1.82, 2.24) is 0 Å². The van der Waals surface area contributed by atoms with Crippen molar-refractivity contribution >= 4 is 16.4 Å². The van der Waals surface area contributed by atoms with Crippen LogP contribution in [0.15, 0.2) is 12.7 Å². The normalized spacial score (nSPS) is 16.4. The molecule has 1 N–H and O–H groups in total. The molecule has 152 valence electrons. The lowest BCUT2D eigenvalue weighted by Gasteiger charge is -2.38. The van der Waals surface area contributed by atoms with Gasteiger partial charge in [-0.2, -0.15) is 0 Å². The van der Waals surface area contributed by atoms with Crippen LogP contribution in [0, 0.1) is 17.4 Å². The highest BCUT2D eigenvalue weighted by Gasteiger charge is 2.39. The molecule has 0 aromatic heterocycles. The molecule has 0 rings (SSSR count). The van der Waals surface area contributed by atoms with Gasteiger partial charge in [0.05, 0.1) is 12.2 Å². The summed E-state index contributed by atoms with van der Waals surface area (Å²) in [5.74, 6) is 2.94. The van der Waals surface area contributed by atoms with E-state index in [1.165, 1.54) is 0 Å². The third-order valence-electron chi connectivity index (χ3n) is 4.74. The maximum Gasteiger partial charge on any atom is 0.191 e. The minimum atomic E-state index is -1.93. The van der Waals surface area contributed by atoms with Crippen molar-refractivity contribution in [3.05, 3.63) is 12.7 Å². The Bertz CT molecular complexity index is 481. The predicted molar refractivity (Wildman–Crippen MR) is 115 cm³/mol. The van der Waals surface area contributed by atoms with E-state index in [4.69, 9.17) is 13.9 Å². The van der Waals surface area contributed by atoms with Crippen molar-refractivity contribution in [2.75, 3.05) is 20.5 Å². The van der Waals surface area contributed by atoms with Crippen LogP contribution in [0.1, 0.15) is 27.2 Å². The molecule has 0 aliphatic rings. The highest BCUT2D eigenvalue weighted by Crippen LogP contribution is 2.37. The topological polar surface area (TPSA) is 47.9 Å². The fraction of sp³-hybridized carbons (Fsp3) is 0.800. The van der Waals surface area contributed by atoms with Gasteiger partial charge < -0.3 is 19.0 Å². The molecule has 4 nitrogen and oxygen atoms in total. The van der Waals surface area contributed by atoms with Crippen molar-refractivity contribution in [1.29, 1.82) is 0 Å². The van der Waals surface area contributed by atoms with E-state index in [9.17, 15) is 5.11 Å². The summed E-state index contributed by atoms with van der Waals surface area (Å²) in [4.78, 5) is 0. The molecule has 0 spiro atoms. The number of aliphatic hydroxyl groups excluding tert-OH is 1. The van der Waals surface area contributed by atoms with Gasteiger partial charge in [-0.15, -0.1) is 18.0 Å². The molecule has 0 aromatic rings. The zero-order valence-electron chi connectivity index (χ0n) is 18.3. The van der Waals surface area contributed by atoms with Gasteiger partial charge in [-0.1, -0.05) is 46.5 Å². The summed E-state index contributed by atoms with van der Waals surface area (Å²) in [6, 6.07) is 0. The summed E-state index contributed by atoms with van der Waals surface area (Å²) in [7, 11) is -1.80. The van der Waals surface area contributed by atoms with Crippen LogP contribution >= 0.6 is 0 Å². The maximum absolute atomic E-state index is 10.8. The molecule has 3 atom stereocenters. The number of methoxy groups -OCH3 is 1. The first-order chi connectivity index (χ1) is 11.7. The van der Waals surface area contributed by atoms with Crippen molar-refractivity contribution in [3.63, 3.8) is 0 Å². The molecular weight excluding hydrogens is 360 g/mol. The lowest BCUT2D eigenvalue weighted by molar-refractivity contribution is -0.0982. The van der Waals surface area contributed by atoms with Gasteiger partial charge in [-0.3, -0.25) is 0 Å². The molecule has 0 fully saturated rings. The van der Waals surface area contributed by atoms with Gasteiger partial charge in [-0.05, 0) is 18.1 Å². The summed E-state index contributed by atoms with van der Waals surface area (Å²) in [5, 5.41) is 10.9. The largest absolute Gasteiger partial charge is 0.416 e. The van der Waals surface area contributed by atoms with E-state index in [2.05, 4.69) is 71.5 Å². The maximum atomic E-state index is 10.8. The first-order valence-electron chi connectivity index (χ1n) is 9.30. The summed E-state index contributed by atoms with van der Waals surface area (Å²) in [6.07, 6.45) is 1.15. The molecule has 0 aliphatic heterocycles. The van der Waals surface area contributed by atoms with Crippen molar-refractivity contribution in [2.45, 2.75) is 77.2 Å². The fourth-order valence-electron chi connectivity index (χ4n) is 2.03. The number of hydrogen-bond donors (Lipinski definition) is 1. The highest BCUT2D eigenvalue weighted by atomic mass is 28.4. The summed E-state index contributed by atoms with van der Waals surface area (Å²) in [5.41, 5.74) is 3.31. The van der Waals surface area contributed by atoms with E-state index in [1.807, 2.05) is 0 Å². The quantitative estimate of drug-likeness (QED) is 0.255. The smallest absolute Gasteiger partial charge is 0.191 e. The molecule has 0 aromatic carbocycles. The third kappa shape index (κ3) is 9.49. The summed E-state index contributed by atoms with van der Waals surface area (Å²) in [6.45, 7) is 22.1. The Morgan fingerprint density at radius 1 is 1.15 bits per heavy atom. The molecule has 0 amide bonds. The molecule has 0 heterocycles. The van der Waals surface area contributed by atoms with E-state index in [1.54, 1.807) is 13.2 Å². The molecule has 0 aliphatic carbocycles. The zero-order chi connectivity index (χ0) is 20.6. The standard InChI is InChI=1S/C20H40O4Si2/c1-11-19(23-16-22-5)17(15-24-26(9,10)20(2,3)4)18(21)13-12-14-25(6,7)8/h11,17-19,21H,1,13,15-16H2,2-10H3/t17-,18-,19+/m1/s1. The predicted octanol–water partition coefficient (Wildman–Crippen LogP) is 4.43. The molecule has 0 saturated carbocycles. The van der Waals surface area contributed by atoms with Crippen molar-refractivity contribution < 1.29 is 19.0 Å². The SMILES string of the molecule is C=C[C@H](OCOC)[C@H](CO[Si](C)(C)C(C)(C)C)[C@H](O)CC#C[Si](C)(C)C. The Labute approximate surface area is 163 Å². The van der Waals surface area contributed by atoms with Crippen molar-refractivity contribution in [3.8, 4) is 11.5 Å². The second kappa shape index (κ2) is 10.8. The van der Waals surface area contributed by atoms with E-state index in [-0.39, 0.29) is 23.9 Å². The Hall–Kier alpha value is -0.426. The summed E-state index contributed by atoms with van der Waals surface area (Å²) < 4.78 is 17.1. The first-order valence-corrected chi connectivity index (χ1v) is 15.7. The van der Waals surface area contributed by atoms with E-state index in [0.717, 1.165) is 0 Å². The molecule has 0 unspecified atom stereocenters. The number of hydrogen-bond acceptors (Lipinski definition) is 4. The number of ether oxygens (including phenoxy) is 2. The second-order valence-electron chi connectivity index (χ2n) is 9.33. The number of rotatable bonds is 10. The molecule has 0 bridgehead atoms. The number of aliphatic hydroxyl groups is 1. The zero-order valence-corrected chi connectivity index (χ0v) is 20.3. The molecule has 0 radical (unpaired) electrons. The van der Waals surface area contributed by atoms with Gasteiger partial charge in [0.2, 0.25) is 0 Å². The van der Waals surface area contributed by atoms with Gasteiger partial charge in [0.1, 0.15) is 14.9 Å². The molecule has 6 heteroatoms. The third-order valence-corrected chi connectivity index (χ3v) is 10.2. The van der Waals surface area contributed by atoms with Gasteiger partial charge >= 0.3 is 0 Å². The van der Waals surface area contributed by atoms with Crippen molar-refractivity contribution in [2.24, 2.45) is 5.92 Å². The van der Waals surface area contributed by atoms with Crippen LogP contribution in [0.4, 0.5) is 0 Å². The van der Waals surface area contributed by atoms with E-state index in [0.29, 0.717) is 13.0 Å². The van der Waals surface area contributed by atoms with Gasteiger partial charge in [-0.25, -0.2) is 0 Å². The lowest BCUT2D eigenvalue weighted by atomic mass is 9.94. The highest BCUT2D eigenvalue weighted by molar-refractivity contribution is 6.83. The minimum absolute atomic E-state index is 0.108. The Balaban J connectivity index is 5.27. The van der Waals surface area contributed by atoms with E-state index < -0.39 is 22.5 Å². The van der Waals surface area contributed by atoms with Crippen LogP contribution in [0.25, 0.3) is 0 Å². The Kier molecular flexibility index (Phi) is 10.6. The lowest BCUT2D eigenvalue weighted by Crippen LogP contribution is -2.45. The van der Waals surface area contributed by atoms with Crippen LogP contribution in [-0.2, 0) is 13.9 Å². The first kappa shape index (κ1) is 25.6. The average molecular weight is 401 g/mol. The van der Waals surface area contributed by atoms with Gasteiger partial charge in [0.15, 0.2) is 8.32 Å². The molecule has 0 saturated heterocycles. The van der Waals surface area contributed by atoms with Crippen LogP contribution in [0.3, 0.4) is 0 Å². The average Bonchev–Trinajstić information content (AvgIpc) is 2.47. The van der Waals surface area contributed by atoms with Crippen LogP contribution in [-0.4, -0.2) is 54.2 Å². The Morgan fingerprint density at radius 3 is 2.15 bits per heavy atom. The second-order valence-corrected chi connectivity index (χ2v) is 18.9.